The van der Waals surface area contributed by atoms with Crippen LogP contribution in [0.15, 0.2) is 34.9 Å². The summed E-state index contributed by atoms with van der Waals surface area (Å²) in [5.41, 5.74) is 1.63. The Bertz CT molecular complexity index is 876. The highest BCUT2D eigenvalue weighted by atomic mass is 28.4. The zero-order valence-electron chi connectivity index (χ0n) is 20.9. The molecule has 3 atom stereocenters. The first-order valence-electron chi connectivity index (χ1n) is 11.3. The van der Waals surface area contributed by atoms with Crippen LogP contribution >= 0.6 is 0 Å². The van der Waals surface area contributed by atoms with Crippen LogP contribution < -0.4 is 4.74 Å². The average Bonchev–Trinajstić information content (AvgIpc) is 3.20. The number of aromatic nitrogens is 1. The van der Waals surface area contributed by atoms with Gasteiger partial charge in [0.05, 0.1) is 25.9 Å². The summed E-state index contributed by atoms with van der Waals surface area (Å²) in [5, 5.41) is 0.0944. The summed E-state index contributed by atoms with van der Waals surface area (Å²) in [7, 11) is -0.351. The molecule has 32 heavy (non-hydrogen) atoms. The number of hydrogen-bond donors (Lipinski definition) is 0. The van der Waals surface area contributed by atoms with Gasteiger partial charge in [-0.15, -0.1) is 6.42 Å². The Kier molecular flexibility index (Phi) is 9.14. The van der Waals surface area contributed by atoms with Crippen molar-refractivity contribution >= 4 is 8.32 Å². The fraction of sp³-hybridized carbons (Fsp3) is 0.577. The van der Waals surface area contributed by atoms with Crippen LogP contribution in [0.3, 0.4) is 0 Å². The lowest BCUT2D eigenvalue weighted by Gasteiger charge is -2.42. The monoisotopic (exact) mass is 457 g/mol. The molecule has 2 aromatic rings. The fourth-order valence-electron chi connectivity index (χ4n) is 3.34. The SMILES string of the molecule is C#Cc1coc(C[C@H](O[Si](C)(C)C(C)(C)C)[C@H](C)[C@@H](CC)OCc2ccc(OC)cc2)n1. The molecule has 0 fully saturated rings. The van der Waals surface area contributed by atoms with Crippen LogP contribution in [-0.4, -0.2) is 32.6 Å². The Morgan fingerprint density at radius 2 is 1.81 bits per heavy atom. The predicted octanol–water partition coefficient (Wildman–Crippen LogP) is 6.23. The van der Waals surface area contributed by atoms with Gasteiger partial charge in [0, 0.05) is 12.3 Å². The molecule has 0 radical (unpaired) electrons. The number of ether oxygens (including phenoxy) is 2. The van der Waals surface area contributed by atoms with E-state index in [2.05, 4.69) is 58.6 Å². The number of nitrogens with zero attached hydrogens (tertiary/aromatic N) is 1. The first kappa shape index (κ1) is 26.2. The fourth-order valence-corrected chi connectivity index (χ4v) is 4.75. The quantitative estimate of drug-likeness (QED) is 0.296. The zero-order valence-corrected chi connectivity index (χ0v) is 21.9. The molecule has 2 rings (SSSR count). The van der Waals surface area contributed by atoms with Crippen LogP contribution in [0.5, 0.6) is 5.75 Å². The number of terminal acetylenes is 1. The van der Waals surface area contributed by atoms with Gasteiger partial charge in [0.2, 0.25) is 0 Å². The van der Waals surface area contributed by atoms with Gasteiger partial charge in [0.1, 0.15) is 12.0 Å². The molecule has 0 aliphatic carbocycles. The van der Waals surface area contributed by atoms with Crippen molar-refractivity contribution in [3.8, 4) is 18.1 Å². The van der Waals surface area contributed by atoms with Gasteiger partial charge in [-0.1, -0.05) is 46.8 Å². The van der Waals surface area contributed by atoms with Gasteiger partial charge in [0.15, 0.2) is 19.9 Å². The molecule has 0 N–H and O–H groups in total. The Balaban J connectivity index is 2.18. The van der Waals surface area contributed by atoms with Crippen molar-refractivity contribution in [2.45, 2.75) is 84.4 Å². The third-order valence-electron chi connectivity index (χ3n) is 6.53. The van der Waals surface area contributed by atoms with Crippen LogP contribution in [0.4, 0.5) is 0 Å². The van der Waals surface area contributed by atoms with E-state index in [0.29, 0.717) is 24.6 Å². The lowest BCUT2D eigenvalue weighted by molar-refractivity contribution is -0.0370. The molecule has 1 aromatic heterocycles. The largest absolute Gasteiger partial charge is 0.497 e. The normalized spacial score (nSPS) is 15.1. The van der Waals surface area contributed by atoms with E-state index in [1.807, 2.05) is 24.3 Å². The molecule has 0 bridgehead atoms. The van der Waals surface area contributed by atoms with Gasteiger partial charge >= 0.3 is 0 Å². The maximum atomic E-state index is 6.87. The van der Waals surface area contributed by atoms with Gasteiger partial charge in [-0.05, 0) is 48.2 Å². The topological polar surface area (TPSA) is 53.7 Å². The lowest BCUT2D eigenvalue weighted by atomic mass is 9.94. The molecular formula is C26H39NO4Si. The van der Waals surface area contributed by atoms with E-state index >= 15 is 0 Å². The third kappa shape index (κ3) is 6.96. The van der Waals surface area contributed by atoms with Crippen LogP contribution in [0, 0.1) is 18.3 Å². The maximum Gasteiger partial charge on any atom is 0.197 e. The van der Waals surface area contributed by atoms with E-state index in [0.717, 1.165) is 17.7 Å². The Morgan fingerprint density at radius 1 is 1.16 bits per heavy atom. The minimum absolute atomic E-state index is 0.0361. The summed E-state index contributed by atoms with van der Waals surface area (Å²) in [5.74, 6) is 4.13. The van der Waals surface area contributed by atoms with Gasteiger partial charge in [-0.3, -0.25) is 0 Å². The summed E-state index contributed by atoms with van der Waals surface area (Å²) in [6, 6.07) is 7.98. The minimum Gasteiger partial charge on any atom is -0.497 e. The molecule has 0 spiro atoms. The van der Waals surface area contributed by atoms with Gasteiger partial charge in [-0.2, -0.15) is 0 Å². The number of methoxy groups -OCH3 is 1. The molecule has 6 heteroatoms. The minimum atomic E-state index is -2.02. The van der Waals surface area contributed by atoms with Crippen LogP contribution in [0.1, 0.15) is 58.2 Å². The van der Waals surface area contributed by atoms with Crippen LogP contribution in [-0.2, 0) is 22.2 Å². The first-order chi connectivity index (χ1) is 15.0. The number of hydrogen-bond acceptors (Lipinski definition) is 5. The van der Waals surface area contributed by atoms with Crippen molar-refractivity contribution in [3.05, 3.63) is 47.7 Å². The van der Waals surface area contributed by atoms with Gasteiger partial charge < -0.3 is 18.3 Å². The van der Waals surface area contributed by atoms with E-state index < -0.39 is 8.32 Å². The van der Waals surface area contributed by atoms with Gasteiger partial charge in [-0.25, -0.2) is 4.98 Å². The molecule has 0 aliphatic rings. The zero-order chi connectivity index (χ0) is 23.9. The predicted molar refractivity (Wildman–Crippen MR) is 131 cm³/mol. The molecule has 0 saturated carbocycles. The average molecular weight is 458 g/mol. The van der Waals surface area contributed by atoms with Crippen molar-refractivity contribution in [2.24, 2.45) is 5.92 Å². The molecule has 0 saturated heterocycles. The second-order valence-corrected chi connectivity index (χ2v) is 14.6. The lowest BCUT2D eigenvalue weighted by Crippen LogP contribution is -2.48. The second kappa shape index (κ2) is 11.2. The molecule has 5 nitrogen and oxygen atoms in total. The van der Waals surface area contributed by atoms with E-state index in [1.165, 1.54) is 6.26 Å². The highest BCUT2D eigenvalue weighted by molar-refractivity contribution is 6.74. The molecule has 1 aromatic carbocycles. The van der Waals surface area contributed by atoms with Gasteiger partial charge in [0.25, 0.3) is 0 Å². The highest BCUT2D eigenvalue weighted by Gasteiger charge is 2.41. The molecule has 0 unspecified atom stereocenters. The van der Waals surface area contributed by atoms with E-state index in [9.17, 15) is 0 Å². The van der Waals surface area contributed by atoms with Crippen molar-refractivity contribution in [1.29, 1.82) is 0 Å². The molecular weight excluding hydrogens is 418 g/mol. The Morgan fingerprint density at radius 3 is 2.31 bits per heavy atom. The van der Waals surface area contributed by atoms with E-state index in [1.54, 1.807) is 7.11 Å². The summed E-state index contributed by atoms with van der Waals surface area (Å²) >= 11 is 0. The smallest absolute Gasteiger partial charge is 0.197 e. The second-order valence-electron chi connectivity index (χ2n) is 9.86. The summed E-state index contributed by atoms with van der Waals surface area (Å²) in [6.45, 7) is 16.2. The molecule has 1 heterocycles. The number of rotatable bonds is 11. The summed E-state index contributed by atoms with van der Waals surface area (Å²) < 4.78 is 24.1. The standard InChI is InChI=1S/C26H39NO4Si/c1-10-21-18-30-25(27-21)16-24(31-32(8,9)26(4,5)6)19(3)23(11-2)29-17-20-12-14-22(28-7)15-13-20/h1,12-15,18-19,23-24H,11,16-17H2,2-9H3/t19-,23-,24+/m1/s1. The first-order valence-corrected chi connectivity index (χ1v) is 14.2. The van der Waals surface area contributed by atoms with Crippen LogP contribution in [0.25, 0.3) is 0 Å². The molecule has 176 valence electrons. The van der Waals surface area contributed by atoms with Crippen molar-refractivity contribution in [2.75, 3.05) is 7.11 Å². The summed E-state index contributed by atoms with van der Waals surface area (Å²) in [6.07, 6.45) is 8.40. The Labute approximate surface area is 195 Å². The number of oxazole rings is 1. The number of benzene rings is 1. The highest BCUT2D eigenvalue weighted by Crippen LogP contribution is 2.39. The molecule has 0 aliphatic heterocycles. The van der Waals surface area contributed by atoms with E-state index in [4.69, 9.17) is 24.7 Å². The van der Waals surface area contributed by atoms with Crippen molar-refractivity contribution in [3.63, 3.8) is 0 Å². The van der Waals surface area contributed by atoms with Crippen LogP contribution in [0.2, 0.25) is 18.1 Å². The molecule has 0 amide bonds. The Hall–Kier alpha value is -2.07. The third-order valence-corrected chi connectivity index (χ3v) is 11.0. The van der Waals surface area contributed by atoms with Crippen molar-refractivity contribution < 1.29 is 18.3 Å². The van der Waals surface area contributed by atoms with E-state index in [-0.39, 0.29) is 23.2 Å². The van der Waals surface area contributed by atoms with Crippen molar-refractivity contribution in [1.82, 2.24) is 4.98 Å². The summed E-state index contributed by atoms with van der Waals surface area (Å²) in [4.78, 5) is 4.42. The maximum absolute atomic E-state index is 6.87.